The monoisotopic (exact) mass is 464 g/mol. The van der Waals surface area contributed by atoms with E-state index in [4.69, 9.17) is 14.9 Å². The predicted octanol–water partition coefficient (Wildman–Crippen LogP) is 2.69. The molecule has 1 aromatic carbocycles. The summed E-state index contributed by atoms with van der Waals surface area (Å²) in [6.07, 6.45) is 5.10. The molecular weight excluding hydrogens is 432 g/mol. The number of anilines is 2. The van der Waals surface area contributed by atoms with Gasteiger partial charge in [-0.15, -0.1) is 0 Å². The number of carbonyl (C=O) groups excluding carboxylic acids is 1. The molecule has 0 radical (unpaired) electrons. The summed E-state index contributed by atoms with van der Waals surface area (Å²) in [4.78, 5) is 25.5. The molecule has 5 rings (SSSR count). The summed E-state index contributed by atoms with van der Waals surface area (Å²) in [5.74, 6) is 1.63. The van der Waals surface area contributed by atoms with Gasteiger partial charge in [-0.2, -0.15) is 0 Å². The summed E-state index contributed by atoms with van der Waals surface area (Å²) in [6, 6.07) is 7.65. The fourth-order valence-electron chi connectivity index (χ4n) is 4.50. The van der Waals surface area contributed by atoms with E-state index in [1.54, 1.807) is 0 Å². The van der Waals surface area contributed by atoms with E-state index in [0.29, 0.717) is 44.2 Å². The number of nitrogens with zero attached hydrogens (tertiary/aromatic N) is 4. The SMILES string of the molecule is CNc1ccc(OC2(C)CC2)cc1C(=N)c1cc(N2CCN(C(=O)C3CCCO3)CC2)ncn1. The van der Waals surface area contributed by atoms with E-state index in [0.717, 1.165) is 48.5 Å². The number of rotatable bonds is 7. The second kappa shape index (κ2) is 9.21. The molecule has 1 amide bonds. The van der Waals surface area contributed by atoms with Crippen LogP contribution in [0, 0.1) is 5.41 Å². The van der Waals surface area contributed by atoms with E-state index in [9.17, 15) is 4.79 Å². The third-order valence-corrected chi connectivity index (χ3v) is 6.88. The number of amides is 1. The van der Waals surface area contributed by atoms with Crippen molar-refractivity contribution in [1.29, 1.82) is 5.41 Å². The lowest BCUT2D eigenvalue weighted by Crippen LogP contribution is -2.51. The van der Waals surface area contributed by atoms with E-state index >= 15 is 0 Å². The van der Waals surface area contributed by atoms with Gasteiger partial charge in [0.2, 0.25) is 0 Å². The number of carbonyl (C=O) groups is 1. The minimum atomic E-state index is -0.277. The Morgan fingerprint density at radius 2 is 2.00 bits per heavy atom. The number of nitrogens with one attached hydrogen (secondary N) is 2. The van der Waals surface area contributed by atoms with Crippen LogP contribution < -0.4 is 15.0 Å². The van der Waals surface area contributed by atoms with Crippen molar-refractivity contribution in [3.8, 4) is 5.75 Å². The van der Waals surface area contributed by atoms with Gasteiger partial charge in [0.05, 0.1) is 11.4 Å². The molecule has 1 aromatic heterocycles. The average molecular weight is 465 g/mol. The Balaban J connectivity index is 1.29. The molecule has 180 valence electrons. The number of benzene rings is 1. The van der Waals surface area contributed by atoms with Gasteiger partial charge in [-0.1, -0.05) is 0 Å². The molecule has 9 nitrogen and oxygen atoms in total. The van der Waals surface area contributed by atoms with Crippen molar-refractivity contribution in [2.45, 2.75) is 44.3 Å². The van der Waals surface area contributed by atoms with Crippen molar-refractivity contribution < 1.29 is 14.3 Å². The summed E-state index contributed by atoms with van der Waals surface area (Å²) in [6.45, 7) is 5.43. The lowest BCUT2D eigenvalue weighted by molar-refractivity contribution is -0.141. The van der Waals surface area contributed by atoms with E-state index in [-0.39, 0.29) is 17.6 Å². The van der Waals surface area contributed by atoms with Crippen LogP contribution in [0.1, 0.15) is 43.9 Å². The first-order valence-electron chi connectivity index (χ1n) is 12.0. The molecule has 0 bridgehead atoms. The highest BCUT2D eigenvalue weighted by molar-refractivity contribution is 6.13. The minimum absolute atomic E-state index is 0.0872. The lowest BCUT2D eigenvalue weighted by Gasteiger charge is -2.36. The third-order valence-electron chi connectivity index (χ3n) is 6.88. The van der Waals surface area contributed by atoms with Crippen LogP contribution in [0.4, 0.5) is 11.5 Å². The second-order valence-electron chi connectivity index (χ2n) is 9.46. The summed E-state index contributed by atoms with van der Waals surface area (Å²) >= 11 is 0. The van der Waals surface area contributed by atoms with Gasteiger partial charge >= 0.3 is 0 Å². The molecule has 2 aromatic rings. The van der Waals surface area contributed by atoms with Gasteiger partial charge in [0.1, 0.15) is 29.6 Å². The van der Waals surface area contributed by atoms with Crippen LogP contribution in [0.5, 0.6) is 5.75 Å². The highest BCUT2D eigenvalue weighted by atomic mass is 16.5. The molecular formula is C25H32N6O3. The molecule has 3 aliphatic rings. The Labute approximate surface area is 200 Å². The number of ether oxygens (including phenoxy) is 2. The Bertz CT molecular complexity index is 1070. The zero-order valence-electron chi connectivity index (χ0n) is 19.8. The largest absolute Gasteiger partial charge is 0.488 e. The molecule has 1 unspecified atom stereocenters. The second-order valence-corrected chi connectivity index (χ2v) is 9.46. The highest BCUT2D eigenvalue weighted by Gasteiger charge is 2.40. The van der Waals surface area contributed by atoms with Crippen LogP contribution in [0.25, 0.3) is 0 Å². The van der Waals surface area contributed by atoms with Crippen molar-refractivity contribution in [3.05, 3.63) is 41.9 Å². The number of aromatic nitrogens is 2. The fraction of sp³-hybridized carbons (Fsp3) is 0.520. The maximum absolute atomic E-state index is 12.6. The van der Waals surface area contributed by atoms with Crippen LogP contribution in [0.3, 0.4) is 0 Å². The van der Waals surface area contributed by atoms with Crippen LogP contribution >= 0.6 is 0 Å². The van der Waals surface area contributed by atoms with Gasteiger partial charge in [-0.05, 0) is 50.8 Å². The van der Waals surface area contributed by atoms with Gasteiger partial charge in [0.25, 0.3) is 5.91 Å². The van der Waals surface area contributed by atoms with Gasteiger partial charge in [0, 0.05) is 57.2 Å². The molecule has 2 aliphatic heterocycles. The van der Waals surface area contributed by atoms with Crippen molar-refractivity contribution in [3.63, 3.8) is 0 Å². The minimum Gasteiger partial charge on any atom is -0.488 e. The first-order chi connectivity index (χ1) is 16.5. The average Bonchev–Trinajstić information content (AvgIpc) is 3.34. The van der Waals surface area contributed by atoms with E-state index in [2.05, 4.69) is 27.1 Å². The van der Waals surface area contributed by atoms with Gasteiger partial charge in [-0.3, -0.25) is 10.2 Å². The smallest absolute Gasteiger partial charge is 0.251 e. The molecule has 9 heteroatoms. The Morgan fingerprint density at radius 1 is 1.21 bits per heavy atom. The molecule has 2 N–H and O–H groups in total. The van der Waals surface area contributed by atoms with Crippen LogP contribution in [-0.4, -0.2) is 78.0 Å². The molecule has 1 saturated carbocycles. The quantitative estimate of drug-likeness (QED) is 0.607. The first-order valence-corrected chi connectivity index (χ1v) is 12.0. The molecule has 3 heterocycles. The van der Waals surface area contributed by atoms with Gasteiger partial charge in [-0.25, -0.2) is 9.97 Å². The van der Waals surface area contributed by atoms with E-state index in [1.807, 2.05) is 36.2 Å². The Morgan fingerprint density at radius 3 is 2.68 bits per heavy atom. The number of hydrogen-bond acceptors (Lipinski definition) is 8. The maximum atomic E-state index is 12.6. The zero-order valence-corrected chi connectivity index (χ0v) is 19.8. The van der Waals surface area contributed by atoms with E-state index in [1.165, 1.54) is 6.33 Å². The van der Waals surface area contributed by atoms with E-state index < -0.39 is 0 Å². The van der Waals surface area contributed by atoms with Crippen molar-refractivity contribution in [2.24, 2.45) is 0 Å². The van der Waals surface area contributed by atoms with Gasteiger partial charge < -0.3 is 24.6 Å². The molecule has 0 spiro atoms. The summed E-state index contributed by atoms with van der Waals surface area (Å²) in [7, 11) is 1.84. The maximum Gasteiger partial charge on any atom is 0.251 e. The molecule has 3 fully saturated rings. The molecule has 2 saturated heterocycles. The fourth-order valence-corrected chi connectivity index (χ4v) is 4.50. The Hall–Kier alpha value is -3.20. The molecule has 1 aliphatic carbocycles. The number of hydrogen-bond donors (Lipinski definition) is 2. The normalized spacial score (nSPS) is 21.3. The lowest BCUT2D eigenvalue weighted by atomic mass is 10.0. The molecule has 1 atom stereocenters. The van der Waals surface area contributed by atoms with Gasteiger partial charge in [0.15, 0.2) is 0 Å². The standard InChI is InChI=1S/C25H32N6O3/c1-25(7-8-25)34-17-5-6-19(27-2)18(14-17)23(26)20-15-22(29-16-28-20)30-9-11-31(12-10-30)24(32)21-4-3-13-33-21/h5-6,14-16,21,26-27H,3-4,7-13H2,1-2H3. The summed E-state index contributed by atoms with van der Waals surface area (Å²) in [5, 5.41) is 12.1. The van der Waals surface area contributed by atoms with Crippen LogP contribution in [0.15, 0.2) is 30.6 Å². The topological polar surface area (TPSA) is 104 Å². The Kier molecular flexibility index (Phi) is 6.12. The van der Waals surface area contributed by atoms with Crippen LogP contribution in [0.2, 0.25) is 0 Å². The molecule has 34 heavy (non-hydrogen) atoms. The first kappa shape index (κ1) is 22.6. The highest BCUT2D eigenvalue weighted by Crippen LogP contribution is 2.40. The van der Waals surface area contributed by atoms with Crippen molar-refractivity contribution >= 4 is 23.1 Å². The zero-order chi connectivity index (χ0) is 23.7. The third kappa shape index (κ3) is 4.70. The van der Waals surface area contributed by atoms with Crippen molar-refractivity contribution in [1.82, 2.24) is 14.9 Å². The summed E-state index contributed by atoms with van der Waals surface area (Å²) in [5.41, 5.74) is 2.36. The van der Waals surface area contributed by atoms with Crippen LogP contribution in [-0.2, 0) is 9.53 Å². The predicted molar refractivity (Wildman–Crippen MR) is 130 cm³/mol. The van der Waals surface area contributed by atoms with Crippen molar-refractivity contribution in [2.75, 3.05) is 50.1 Å². The number of piperazine rings is 1. The summed E-state index contributed by atoms with van der Waals surface area (Å²) < 4.78 is 11.7.